The Balaban J connectivity index is 1.98. The van der Waals surface area contributed by atoms with Gasteiger partial charge in [0.05, 0.1) is 5.69 Å². The second-order valence-electron chi connectivity index (χ2n) is 5.34. The number of hydrogen-bond donors (Lipinski definition) is 1. The fourth-order valence-electron chi connectivity index (χ4n) is 2.37. The lowest BCUT2D eigenvalue weighted by Crippen LogP contribution is -2.33. The van der Waals surface area contributed by atoms with Crippen LogP contribution in [0.1, 0.15) is 44.5 Å². The summed E-state index contributed by atoms with van der Waals surface area (Å²) in [6, 6.07) is 5.32. The van der Waals surface area contributed by atoms with Gasteiger partial charge in [-0.1, -0.05) is 13.8 Å². The first-order valence-electron chi connectivity index (χ1n) is 7.51. The van der Waals surface area contributed by atoms with E-state index >= 15 is 0 Å². The smallest absolute Gasteiger partial charge is 0.0640 e. The molecule has 2 aromatic rings. The topological polar surface area (TPSA) is 29.9 Å². The number of rotatable bonds is 8. The monoisotopic (exact) mass is 291 g/mol. The standard InChI is InChI=1S/C16H25N3S/c1-4-13(3)19-8-6-15(18-19)11-16(17-5-2)10-14-7-9-20-12-14/h6-9,12-13,16-17H,4-5,10-11H2,1-3H3. The van der Waals surface area contributed by atoms with Crippen LogP contribution >= 0.6 is 11.3 Å². The van der Waals surface area contributed by atoms with Gasteiger partial charge in [0.1, 0.15) is 0 Å². The van der Waals surface area contributed by atoms with Crippen molar-refractivity contribution in [1.29, 1.82) is 0 Å². The number of nitrogens with one attached hydrogen (secondary N) is 1. The van der Waals surface area contributed by atoms with Gasteiger partial charge < -0.3 is 5.32 Å². The van der Waals surface area contributed by atoms with Crippen molar-refractivity contribution in [1.82, 2.24) is 15.1 Å². The maximum atomic E-state index is 4.71. The van der Waals surface area contributed by atoms with Crippen LogP contribution in [0.25, 0.3) is 0 Å². The van der Waals surface area contributed by atoms with E-state index in [1.54, 1.807) is 11.3 Å². The van der Waals surface area contributed by atoms with Crippen LogP contribution in [-0.4, -0.2) is 22.4 Å². The molecule has 2 heterocycles. The summed E-state index contributed by atoms with van der Waals surface area (Å²) in [6.07, 6.45) is 5.30. The average molecular weight is 291 g/mol. The van der Waals surface area contributed by atoms with E-state index < -0.39 is 0 Å². The minimum atomic E-state index is 0.467. The van der Waals surface area contributed by atoms with Gasteiger partial charge in [0.2, 0.25) is 0 Å². The lowest BCUT2D eigenvalue weighted by atomic mass is 10.0. The van der Waals surface area contributed by atoms with Crippen molar-refractivity contribution in [3.63, 3.8) is 0 Å². The van der Waals surface area contributed by atoms with Crippen LogP contribution in [0.3, 0.4) is 0 Å². The molecular weight excluding hydrogens is 266 g/mol. The Bertz CT molecular complexity index is 490. The normalized spacial score (nSPS) is 14.3. The summed E-state index contributed by atoms with van der Waals surface area (Å²) in [5, 5.41) is 12.7. The molecule has 0 aliphatic carbocycles. The summed E-state index contributed by atoms with van der Waals surface area (Å²) in [5.41, 5.74) is 2.61. The van der Waals surface area contributed by atoms with Gasteiger partial charge in [-0.3, -0.25) is 4.68 Å². The molecule has 4 heteroatoms. The number of aromatic nitrogens is 2. The van der Waals surface area contributed by atoms with Crippen LogP contribution in [0.4, 0.5) is 0 Å². The number of likely N-dealkylation sites (N-methyl/N-ethyl adjacent to an activating group) is 1. The molecule has 20 heavy (non-hydrogen) atoms. The van der Waals surface area contributed by atoms with Gasteiger partial charge in [-0.25, -0.2) is 0 Å². The van der Waals surface area contributed by atoms with Gasteiger partial charge in [-0.2, -0.15) is 16.4 Å². The molecule has 3 nitrogen and oxygen atoms in total. The highest BCUT2D eigenvalue weighted by atomic mass is 32.1. The first kappa shape index (κ1) is 15.3. The average Bonchev–Trinajstić information content (AvgIpc) is 3.10. The van der Waals surface area contributed by atoms with Crippen molar-refractivity contribution in [3.8, 4) is 0 Å². The molecular formula is C16H25N3S. The van der Waals surface area contributed by atoms with Crippen LogP contribution < -0.4 is 5.32 Å². The fraction of sp³-hybridized carbons (Fsp3) is 0.562. The van der Waals surface area contributed by atoms with Gasteiger partial charge in [0.25, 0.3) is 0 Å². The Kier molecular flexibility index (Phi) is 5.80. The molecule has 2 rings (SSSR count). The summed E-state index contributed by atoms with van der Waals surface area (Å²) in [7, 11) is 0. The highest BCUT2D eigenvalue weighted by Gasteiger charge is 2.12. The maximum absolute atomic E-state index is 4.71. The molecule has 0 bridgehead atoms. The highest BCUT2D eigenvalue weighted by molar-refractivity contribution is 7.07. The molecule has 2 atom stereocenters. The van der Waals surface area contributed by atoms with E-state index in [1.807, 2.05) is 0 Å². The Hall–Kier alpha value is -1.13. The van der Waals surface area contributed by atoms with Crippen molar-refractivity contribution in [2.24, 2.45) is 0 Å². The quantitative estimate of drug-likeness (QED) is 0.804. The van der Waals surface area contributed by atoms with Gasteiger partial charge in [-0.15, -0.1) is 0 Å². The molecule has 0 spiro atoms. The Labute approximate surface area is 126 Å². The number of thiophene rings is 1. The zero-order valence-electron chi connectivity index (χ0n) is 12.7. The molecule has 1 N–H and O–H groups in total. The minimum Gasteiger partial charge on any atom is -0.314 e. The summed E-state index contributed by atoms with van der Waals surface area (Å²) >= 11 is 1.77. The van der Waals surface area contributed by atoms with Gasteiger partial charge in [0, 0.05) is 24.7 Å². The molecule has 0 fully saturated rings. The van der Waals surface area contributed by atoms with Crippen LogP contribution in [0.2, 0.25) is 0 Å². The molecule has 0 aromatic carbocycles. The third-order valence-electron chi connectivity index (χ3n) is 3.72. The predicted octanol–water partition coefficient (Wildman–Crippen LogP) is 3.68. The molecule has 0 aliphatic heterocycles. The molecule has 110 valence electrons. The Morgan fingerprint density at radius 1 is 1.30 bits per heavy atom. The van der Waals surface area contributed by atoms with Crippen LogP contribution in [0.5, 0.6) is 0 Å². The summed E-state index contributed by atoms with van der Waals surface area (Å²) < 4.78 is 2.09. The molecule has 2 aromatic heterocycles. The predicted molar refractivity (Wildman–Crippen MR) is 86.4 cm³/mol. The van der Waals surface area contributed by atoms with E-state index in [4.69, 9.17) is 5.10 Å². The van der Waals surface area contributed by atoms with Crippen molar-refractivity contribution >= 4 is 11.3 Å². The second-order valence-corrected chi connectivity index (χ2v) is 6.12. The highest BCUT2D eigenvalue weighted by Crippen LogP contribution is 2.13. The van der Waals surface area contributed by atoms with Crippen molar-refractivity contribution in [3.05, 3.63) is 40.3 Å². The summed E-state index contributed by atoms with van der Waals surface area (Å²) in [4.78, 5) is 0. The maximum Gasteiger partial charge on any atom is 0.0640 e. The van der Waals surface area contributed by atoms with Gasteiger partial charge in [-0.05, 0) is 54.8 Å². The van der Waals surface area contributed by atoms with Crippen LogP contribution in [0.15, 0.2) is 29.1 Å². The first-order chi connectivity index (χ1) is 9.72. The zero-order valence-corrected chi connectivity index (χ0v) is 13.5. The Morgan fingerprint density at radius 3 is 2.80 bits per heavy atom. The van der Waals surface area contributed by atoms with E-state index in [-0.39, 0.29) is 0 Å². The van der Waals surface area contributed by atoms with Gasteiger partial charge >= 0.3 is 0 Å². The first-order valence-corrected chi connectivity index (χ1v) is 8.45. The van der Waals surface area contributed by atoms with Gasteiger partial charge in [0.15, 0.2) is 0 Å². The third kappa shape index (κ3) is 4.18. The zero-order chi connectivity index (χ0) is 14.4. The SMILES string of the molecule is CCNC(Cc1ccsc1)Cc1ccn(C(C)CC)n1. The number of nitrogens with zero attached hydrogens (tertiary/aromatic N) is 2. The van der Waals surface area contributed by atoms with E-state index in [1.165, 1.54) is 11.3 Å². The third-order valence-corrected chi connectivity index (χ3v) is 4.45. The van der Waals surface area contributed by atoms with E-state index in [2.05, 4.69) is 59.9 Å². The lowest BCUT2D eigenvalue weighted by Gasteiger charge is -2.16. The number of hydrogen-bond acceptors (Lipinski definition) is 3. The summed E-state index contributed by atoms with van der Waals surface area (Å²) in [6.45, 7) is 7.58. The molecule has 0 saturated heterocycles. The minimum absolute atomic E-state index is 0.467. The summed E-state index contributed by atoms with van der Waals surface area (Å²) in [5.74, 6) is 0. The van der Waals surface area contributed by atoms with E-state index in [0.29, 0.717) is 12.1 Å². The van der Waals surface area contributed by atoms with Crippen molar-refractivity contribution in [2.75, 3.05) is 6.54 Å². The van der Waals surface area contributed by atoms with Crippen LogP contribution in [-0.2, 0) is 12.8 Å². The molecule has 0 radical (unpaired) electrons. The Morgan fingerprint density at radius 2 is 2.15 bits per heavy atom. The van der Waals surface area contributed by atoms with E-state index in [0.717, 1.165) is 25.8 Å². The van der Waals surface area contributed by atoms with Crippen LogP contribution in [0, 0.1) is 0 Å². The molecule has 0 amide bonds. The lowest BCUT2D eigenvalue weighted by molar-refractivity contribution is 0.464. The molecule has 2 unspecified atom stereocenters. The van der Waals surface area contributed by atoms with Crippen molar-refractivity contribution < 1.29 is 0 Å². The van der Waals surface area contributed by atoms with Crippen molar-refractivity contribution in [2.45, 2.75) is 52.1 Å². The molecule has 0 aliphatic rings. The fourth-order valence-corrected chi connectivity index (χ4v) is 3.05. The largest absolute Gasteiger partial charge is 0.314 e. The molecule has 0 saturated carbocycles. The van der Waals surface area contributed by atoms with E-state index in [9.17, 15) is 0 Å². The second kappa shape index (κ2) is 7.60.